The van der Waals surface area contributed by atoms with Crippen molar-refractivity contribution < 1.29 is 26.7 Å². The first-order chi connectivity index (χ1) is 20.4. The van der Waals surface area contributed by atoms with E-state index >= 15 is 4.39 Å². The zero-order valence-electron chi connectivity index (χ0n) is 24.7. The monoisotopic (exact) mass is 605 g/mol. The summed E-state index contributed by atoms with van der Waals surface area (Å²) in [6.07, 6.45) is -2.57. The first kappa shape index (κ1) is 30.9. The van der Waals surface area contributed by atoms with Gasteiger partial charge in [0.1, 0.15) is 23.8 Å². The molecule has 232 valence electrons. The fraction of sp³-hybridized carbons (Fsp3) is 0.500. The fourth-order valence-electron chi connectivity index (χ4n) is 5.62. The number of nitrogens with zero attached hydrogens (tertiary/aromatic N) is 6. The zero-order chi connectivity index (χ0) is 30.9. The number of nitrogens with one attached hydrogen (secondary N) is 1. The van der Waals surface area contributed by atoms with Crippen LogP contribution in [0.3, 0.4) is 0 Å². The Bertz CT molecular complexity index is 1440. The number of likely N-dealkylation sites (tertiary alicyclic amines) is 1. The van der Waals surface area contributed by atoms with Crippen LogP contribution in [0.1, 0.15) is 43.9 Å². The van der Waals surface area contributed by atoms with E-state index < -0.39 is 23.5 Å². The number of fused-ring (bicyclic) bond motifs is 1. The van der Waals surface area contributed by atoms with Crippen molar-refractivity contribution in [3.8, 4) is 17.0 Å². The molecule has 1 N–H and O–H groups in total. The number of aromatic nitrogens is 3. The van der Waals surface area contributed by atoms with Crippen LogP contribution in [0.2, 0.25) is 0 Å². The summed E-state index contributed by atoms with van der Waals surface area (Å²) in [7, 11) is 3.98. The number of likely N-dealkylation sites (N-methyl/N-ethyl adjacent to an activating group) is 1. The van der Waals surface area contributed by atoms with Crippen LogP contribution in [-0.2, 0) is 6.18 Å². The lowest BCUT2D eigenvalue weighted by molar-refractivity contribution is -0.142. The minimum absolute atomic E-state index is 0.0391. The summed E-state index contributed by atoms with van der Waals surface area (Å²) in [5.41, 5.74) is -0.391. The second-order valence-corrected chi connectivity index (χ2v) is 11.5. The maximum atomic E-state index is 15.0. The van der Waals surface area contributed by atoms with E-state index in [4.69, 9.17) is 4.74 Å². The highest BCUT2D eigenvalue weighted by atomic mass is 19.4. The normalized spacial score (nSPS) is 16.5. The SMILES string of the molecule is CC(C)N1CCOc2c(F)cc(-c3nc(Nc4ccc(C5CCN(CCN(C)C)CC5)c(C(F)(F)F)n4)ncc3F)cc21. The first-order valence-corrected chi connectivity index (χ1v) is 14.4. The Kier molecular flexibility index (Phi) is 9.02. The predicted molar refractivity (Wildman–Crippen MR) is 155 cm³/mol. The number of benzene rings is 1. The summed E-state index contributed by atoms with van der Waals surface area (Å²) >= 11 is 0. The summed E-state index contributed by atoms with van der Waals surface area (Å²) in [4.78, 5) is 18.3. The van der Waals surface area contributed by atoms with Crippen LogP contribution in [0, 0.1) is 11.6 Å². The van der Waals surface area contributed by atoms with Gasteiger partial charge in [0.25, 0.3) is 0 Å². The third-order valence-corrected chi connectivity index (χ3v) is 7.88. The van der Waals surface area contributed by atoms with Gasteiger partial charge in [0.05, 0.1) is 18.4 Å². The number of rotatable bonds is 8. The maximum Gasteiger partial charge on any atom is 0.433 e. The summed E-state index contributed by atoms with van der Waals surface area (Å²) in [6, 6.07) is 5.65. The molecular weight excluding hydrogens is 569 g/mol. The van der Waals surface area contributed by atoms with E-state index in [1.807, 2.05) is 32.8 Å². The molecule has 2 aliphatic heterocycles. The molecule has 1 fully saturated rings. The predicted octanol–water partition coefficient (Wildman–Crippen LogP) is 5.93. The van der Waals surface area contributed by atoms with Gasteiger partial charge in [-0.2, -0.15) is 13.2 Å². The fourth-order valence-corrected chi connectivity index (χ4v) is 5.62. The summed E-state index contributed by atoms with van der Waals surface area (Å²) < 4.78 is 78.0. The molecule has 0 atom stereocenters. The summed E-state index contributed by atoms with van der Waals surface area (Å²) in [5.74, 6) is -1.97. The van der Waals surface area contributed by atoms with E-state index in [1.165, 1.54) is 12.1 Å². The molecule has 2 aliphatic rings. The number of hydrogen-bond donors (Lipinski definition) is 1. The van der Waals surface area contributed by atoms with Gasteiger partial charge in [-0.3, -0.25) is 0 Å². The van der Waals surface area contributed by atoms with Crippen molar-refractivity contribution in [1.29, 1.82) is 0 Å². The van der Waals surface area contributed by atoms with E-state index in [0.717, 1.165) is 25.4 Å². The Balaban J connectivity index is 1.39. The van der Waals surface area contributed by atoms with Gasteiger partial charge in [0.15, 0.2) is 17.4 Å². The number of hydrogen-bond acceptors (Lipinski definition) is 8. The lowest BCUT2D eigenvalue weighted by Gasteiger charge is -2.34. The Morgan fingerprint density at radius 1 is 1.05 bits per heavy atom. The van der Waals surface area contributed by atoms with E-state index in [9.17, 15) is 17.6 Å². The van der Waals surface area contributed by atoms with Gasteiger partial charge in [-0.25, -0.2) is 23.7 Å². The van der Waals surface area contributed by atoms with Crippen LogP contribution in [0.25, 0.3) is 11.3 Å². The summed E-state index contributed by atoms with van der Waals surface area (Å²) in [5, 5.41) is 2.68. The van der Waals surface area contributed by atoms with Crippen molar-refractivity contribution in [2.24, 2.45) is 0 Å². The molecule has 5 rings (SSSR count). The molecular formula is C30H36F5N7O. The number of pyridine rings is 1. The highest BCUT2D eigenvalue weighted by molar-refractivity contribution is 5.73. The highest BCUT2D eigenvalue weighted by Gasteiger charge is 2.38. The van der Waals surface area contributed by atoms with Crippen molar-refractivity contribution in [1.82, 2.24) is 24.8 Å². The minimum Gasteiger partial charge on any atom is -0.486 e. The van der Waals surface area contributed by atoms with Crippen molar-refractivity contribution in [3.63, 3.8) is 0 Å². The highest BCUT2D eigenvalue weighted by Crippen LogP contribution is 2.40. The Morgan fingerprint density at radius 2 is 1.79 bits per heavy atom. The van der Waals surface area contributed by atoms with Gasteiger partial charge in [-0.1, -0.05) is 6.07 Å². The molecule has 4 heterocycles. The minimum atomic E-state index is -4.67. The van der Waals surface area contributed by atoms with Crippen molar-refractivity contribution in [2.45, 2.75) is 44.8 Å². The van der Waals surface area contributed by atoms with Gasteiger partial charge >= 0.3 is 6.18 Å². The summed E-state index contributed by atoms with van der Waals surface area (Å²) in [6.45, 7) is 7.95. The molecule has 0 unspecified atom stereocenters. The smallest absolute Gasteiger partial charge is 0.433 e. The Hall–Kier alpha value is -3.58. The molecule has 1 aromatic carbocycles. The van der Waals surface area contributed by atoms with E-state index in [1.54, 1.807) is 6.07 Å². The molecule has 2 aromatic heterocycles. The number of anilines is 3. The third kappa shape index (κ3) is 6.98. The molecule has 0 bridgehead atoms. The molecule has 43 heavy (non-hydrogen) atoms. The molecule has 1 saturated heterocycles. The van der Waals surface area contributed by atoms with E-state index in [-0.39, 0.29) is 46.3 Å². The van der Waals surface area contributed by atoms with Crippen LogP contribution < -0.4 is 15.0 Å². The average molecular weight is 606 g/mol. The largest absolute Gasteiger partial charge is 0.486 e. The molecule has 3 aromatic rings. The molecule has 8 nitrogen and oxygen atoms in total. The van der Waals surface area contributed by atoms with Crippen molar-refractivity contribution in [3.05, 3.63) is 53.4 Å². The van der Waals surface area contributed by atoms with Crippen LogP contribution in [0.4, 0.5) is 39.4 Å². The average Bonchev–Trinajstić information content (AvgIpc) is 2.96. The quantitative estimate of drug-likeness (QED) is 0.317. The van der Waals surface area contributed by atoms with E-state index in [2.05, 4.69) is 30.1 Å². The van der Waals surface area contributed by atoms with Crippen molar-refractivity contribution >= 4 is 17.5 Å². The second-order valence-electron chi connectivity index (χ2n) is 11.5. The lowest BCUT2D eigenvalue weighted by atomic mass is 9.88. The molecule has 0 radical (unpaired) electrons. The van der Waals surface area contributed by atoms with Gasteiger partial charge in [0.2, 0.25) is 5.95 Å². The Morgan fingerprint density at radius 3 is 2.47 bits per heavy atom. The van der Waals surface area contributed by atoms with Crippen LogP contribution >= 0.6 is 0 Å². The molecule has 0 spiro atoms. The van der Waals surface area contributed by atoms with Crippen LogP contribution in [-0.4, -0.2) is 84.2 Å². The van der Waals surface area contributed by atoms with Crippen molar-refractivity contribution in [2.75, 3.05) is 63.6 Å². The molecule has 0 aliphatic carbocycles. The maximum absolute atomic E-state index is 15.0. The van der Waals surface area contributed by atoms with Gasteiger partial charge in [-0.15, -0.1) is 0 Å². The van der Waals surface area contributed by atoms with Gasteiger partial charge in [-0.05, 0) is 83.6 Å². The van der Waals surface area contributed by atoms with Gasteiger partial charge in [0, 0.05) is 24.7 Å². The topological polar surface area (TPSA) is 69.7 Å². The number of piperidine rings is 1. The molecule has 0 saturated carbocycles. The number of halogens is 5. The lowest BCUT2D eigenvalue weighted by Crippen LogP contribution is -2.38. The molecule has 13 heteroatoms. The van der Waals surface area contributed by atoms with Crippen LogP contribution in [0.5, 0.6) is 5.75 Å². The molecule has 0 amide bonds. The van der Waals surface area contributed by atoms with E-state index in [0.29, 0.717) is 44.8 Å². The standard InChI is InChI=1S/C30H36F5N7O/c1-18(2)42-13-14-43-27-22(31)15-20(16-24(27)42)26-23(32)17-36-29(39-26)38-25-6-5-21(28(37-25)30(33,34)35)19-7-9-41(10-8-19)12-11-40(3)4/h5-6,15-19H,7-14H2,1-4H3,(H,36,37,38,39). The number of alkyl halides is 3. The van der Waals surface area contributed by atoms with Gasteiger partial charge < -0.3 is 24.8 Å². The first-order valence-electron chi connectivity index (χ1n) is 14.4. The second kappa shape index (κ2) is 12.6. The number of ether oxygens (including phenoxy) is 1. The van der Waals surface area contributed by atoms with Crippen LogP contribution in [0.15, 0.2) is 30.5 Å². The third-order valence-electron chi connectivity index (χ3n) is 7.88. The Labute approximate surface area is 247 Å². The zero-order valence-corrected chi connectivity index (χ0v) is 24.7.